The predicted molar refractivity (Wildman–Crippen MR) is 119 cm³/mol. The largest absolute Gasteiger partial charge is 0.361 e. The zero-order valence-corrected chi connectivity index (χ0v) is 17.3. The molecule has 1 amide bonds. The number of amides is 1. The predicted octanol–water partition coefficient (Wildman–Crippen LogP) is 3.91. The molecular formula is C24H27N5O. The minimum Gasteiger partial charge on any atom is -0.361 e. The Morgan fingerprint density at radius 3 is 2.63 bits per heavy atom. The Morgan fingerprint density at radius 2 is 1.83 bits per heavy atom. The number of nitrogens with zero attached hydrogens (tertiary/aromatic N) is 3. The van der Waals surface area contributed by atoms with Crippen LogP contribution in [0.15, 0.2) is 54.7 Å². The number of fused-ring (bicyclic) bond motifs is 2. The molecule has 0 unspecified atom stereocenters. The van der Waals surface area contributed by atoms with E-state index < -0.39 is 0 Å². The Morgan fingerprint density at radius 1 is 1.10 bits per heavy atom. The number of nitrogens with one attached hydrogen (secondary N) is 2. The molecule has 0 atom stereocenters. The Kier molecular flexibility index (Phi) is 5.01. The quantitative estimate of drug-likeness (QED) is 0.533. The minimum atomic E-state index is 0.0959. The van der Waals surface area contributed by atoms with Crippen LogP contribution in [0.4, 0.5) is 0 Å². The maximum atomic E-state index is 13.0. The van der Waals surface area contributed by atoms with E-state index in [2.05, 4.69) is 50.3 Å². The van der Waals surface area contributed by atoms with Crippen LogP contribution in [0.2, 0.25) is 0 Å². The zero-order valence-electron chi connectivity index (χ0n) is 17.3. The SMILES string of the molecule is CN(Cc1nc2ccccc2[nH]1)C(=O)C1CCN(Cc2c[nH]c3ccccc23)CC1. The van der Waals surface area contributed by atoms with Gasteiger partial charge in [0.25, 0.3) is 0 Å². The summed E-state index contributed by atoms with van der Waals surface area (Å²) >= 11 is 0. The van der Waals surface area contributed by atoms with E-state index in [0.717, 1.165) is 49.3 Å². The van der Waals surface area contributed by atoms with Gasteiger partial charge in [0.2, 0.25) is 5.91 Å². The average molecular weight is 402 g/mol. The van der Waals surface area contributed by atoms with E-state index in [4.69, 9.17) is 0 Å². The molecule has 0 radical (unpaired) electrons. The lowest BCUT2D eigenvalue weighted by molar-refractivity contribution is -0.136. The van der Waals surface area contributed by atoms with Gasteiger partial charge in [0.15, 0.2) is 0 Å². The van der Waals surface area contributed by atoms with E-state index in [1.165, 1.54) is 16.5 Å². The second-order valence-electron chi connectivity index (χ2n) is 8.30. The minimum absolute atomic E-state index is 0.0959. The van der Waals surface area contributed by atoms with Crippen molar-refractivity contribution >= 4 is 27.8 Å². The van der Waals surface area contributed by atoms with Gasteiger partial charge in [-0.05, 0) is 49.7 Å². The molecule has 1 saturated heterocycles. The van der Waals surface area contributed by atoms with Gasteiger partial charge in [-0.25, -0.2) is 4.98 Å². The smallest absolute Gasteiger partial charge is 0.225 e. The highest BCUT2D eigenvalue weighted by Crippen LogP contribution is 2.24. The standard InChI is InChI=1S/C24H27N5O/c1-28(16-23-26-21-8-4-5-9-22(21)27-23)24(30)17-10-12-29(13-11-17)15-18-14-25-20-7-3-2-6-19(18)20/h2-9,14,17,25H,10-13,15-16H2,1H3,(H,26,27). The van der Waals surface area contributed by atoms with Gasteiger partial charge in [-0.15, -0.1) is 0 Å². The first-order valence-corrected chi connectivity index (χ1v) is 10.6. The van der Waals surface area contributed by atoms with E-state index in [1.54, 1.807) is 0 Å². The Bertz CT molecular complexity index is 1140. The molecule has 154 valence electrons. The van der Waals surface area contributed by atoms with Gasteiger partial charge in [-0.3, -0.25) is 9.69 Å². The molecule has 0 bridgehead atoms. The third-order valence-electron chi connectivity index (χ3n) is 6.21. The molecule has 1 aliphatic heterocycles. The highest BCUT2D eigenvalue weighted by molar-refractivity contribution is 5.83. The van der Waals surface area contributed by atoms with Gasteiger partial charge in [-0.2, -0.15) is 0 Å². The van der Waals surface area contributed by atoms with Crippen molar-refractivity contribution in [2.24, 2.45) is 5.92 Å². The van der Waals surface area contributed by atoms with Gasteiger partial charge in [0, 0.05) is 36.6 Å². The molecule has 0 spiro atoms. The lowest BCUT2D eigenvalue weighted by atomic mass is 9.95. The molecule has 2 aromatic heterocycles. The summed E-state index contributed by atoms with van der Waals surface area (Å²) in [5.41, 5.74) is 4.47. The second kappa shape index (κ2) is 7.95. The van der Waals surface area contributed by atoms with Crippen LogP contribution in [0.25, 0.3) is 21.9 Å². The highest BCUT2D eigenvalue weighted by Gasteiger charge is 2.27. The Labute approximate surface area is 175 Å². The Hall–Kier alpha value is -3.12. The number of hydrogen-bond acceptors (Lipinski definition) is 3. The molecule has 0 saturated carbocycles. The summed E-state index contributed by atoms with van der Waals surface area (Å²) in [4.78, 5) is 28.5. The third kappa shape index (κ3) is 3.71. The monoisotopic (exact) mass is 401 g/mol. The molecule has 2 aromatic carbocycles. The molecule has 1 fully saturated rings. The summed E-state index contributed by atoms with van der Waals surface area (Å²) in [7, 11) is 1.88. The topological polar surface area (TPSA) is 68.0 Å². The van der Waals surface area contributed by atoms with Crippen LogP contribution in [0.3, 0.4) is 0 Å². The number of imidazole rings is 1. The van der Waals surface area contributed by atoms with Crippen LogP contribution in [0.1, 0.15) is 24.2 Å². The van der Waals surface area contributed by atoms with Crippen molar-refractivity contribution in [3.63, 3.8) is 0 Å². The van der Waals surface area contributed by atoms with Crippen LogP contribution in [-0.4, -0.2) is 50.8 Å². The van der Waals surface area contributed by atoms with Gasteiger partial charge in [-0.1, -0.05) is 30.3 Å². The number of para-hydroxylation sites is 3. The van der Waals surface area contributed by atoms with E-state index in [-0.39, 0.29) is 11.8 Å². The maximum absolute atomic E-state index is 13.0. The second-order valence-corrected chi connectivity index (χ2v) is 8.30. The number of H-pyrrole nitrogens is 2. The fourth-order valence-corrected chi connectivity index (χ4v) is 4.54. The number of carbonyl (C=O) groups excluding carboxylic acids is 1. The van der Waals surface area contributed by atoms with Gasteiger partial charge >= 0.3 is 0 Å². The summed E-state index contributed by atoms with van der Waals surface area (Å²) in [5.74, 6) is 1.16. The van der Waals surface area contributed by atoms with E-state index >= 15 is 0 Å². The first kappa shape index (κ1) is 18.9. The van der Waals surface area contributed by atoms with E-state index in [9.17, 15) is 4.79 Å². The summed E-state index contributed by atoms with van der Waals surface area (Å²) in [6.45, 7) is 3.35. The first-order valence-electron chi connectivity index (χ1n) is 10.6. The van der Waals surface area contributed by atoms with Crippen molar-refractivity contribution in [2.45, 2.75) is 25.9 Å². The molecule has 6 nitrogen and oxygen atoms in total. The van der Waals surface area contributed by atoms with Crippen LogP contribution < -0.4 is 0 Å². The van der Waals surface area contributed by atoms with Crippen molar-refractivity contribution in [1.29, 1.82) is 0 Å². The third-order valence-corrected chi connectivity index (χ3v) is 6.21. The van der Waals surface area contributed by atoms with Crippen LogP contribution in [0.5, 0.6) is 0 Å². The molecule has 2 N–H and O–H groups in total. The number of benzene rings is 2. The average Bonchev–Trinajstić information content (AvgIpc) is 3.37. The number of piperidine rings is 1. The lowest BCUT2D eigenvalue weighted by Gasteiger charge is -2.33. The number of rotatable bonds is 5. The number of carbonyl (C=O) groups is 1. The summed E-state index contributed by atoms with van der Waals surface area (Å²) in [5, 5.41) is 1.29. The first-order chi connectivity index (χ1) is 14.7. The molecule has 3 heterocycles. The van der Waals surface area contributed by atoms with Crippen LogP contribution in [-0.2, 0) is 17.9 Å². The van der Waals surface area contributed by atoms with Crippen LogP contribution in [0, 0.1) is 5.92 Å². The summed E-state index contributed by atoms with van der Waals surface area (Å²) in [6.07, 6.45) is 3.93. The Balaban J connectivity index is 1.17. The highest BCUT2D eigenvalue weighted by atomic mass is 16.2. The van der Waals surface area contributed by atoms with Crippen molar-refractivity contribution in [1.82, 2.24) is 24.8 Å². The van der Waals surface area contributed by atoms with Crippen molar-refractivity contribution in [2.75, 3.05) is 20.1 Å². The molecule has 5 rings (SSSR count). The molecular weight excluding hydrogens is 374 g/mol. The molecule has 30 heavy (non-hydrogen) atoms. The molecule has 0 aliphatic carbocycles. The van der Waals surface area contributed by atoms with Crippen molar-refractivity contribution in [3.8, 4) is 0 Å². The number of likely N-dealkylation sites (tertiary alicyclic amines) is 1. The van der Waals surface area contributed by atoms with Gasteiger partial charge < -0.3 is 14.9 Å². The zero-order chi connectivity index (χ0) is 20.5. The number of aromatic nitrogens is 3. The fourth-order valence-electron chi connectivity index (χ4n) is 4.54. The van der Waals surface area contributed by atoms with Crippen molar-refractivity contribution < 1.29 is 4.79 Å². The molecule has 4 aromatic rings. The summed E-state index contributed by atoms with van der Waals surface area (Å²) in [6, 6.07) is 16.4. The number of aromatic amines is 2. The van der Waals surface area contributed by atoms with Gasteiger partial charge in [0.1, 0.15) is 5.82 Å². The summed E-state index contributed by atoms with van der Waals surface area (Å²) < 4.78 is 0. The van der Waals surface area contributed by atoms with Gasteiger partial charge in [0.05, 0.1) is 17.6 Å². The number of hydrogen-bond donors (Lipinski definition) is 2. The van der Waals surface area contributed by atoms with E-state index in [1.807, 2.05) is 36.2 Å². The van der Waals surface area contributed by atoms with Crippen LogP contribution >= 0.6 is 0 Å². The van der Waals surface area contributed by atoms with Crippen molar-refractivity contribution in [3.05, 3.63) is 66.1 Å². The molecule has 6 heteroatoms. The lowest BCUT2D eigenvalue weighted by Crippen LogP contribution is -2.40. The normalized spacial score (nSPS) is 15.8. The van der Waals surface area contributed by atoms with E-state index in [0.29, 0.717) is 6.54 Å². The molecule has 1 aliphatic rings. The maximum Gasteiger partial charge on any atom is 0.225 e. The fraction of sp³-hybridized carbons (Fsp3) is 0.333.